The zero-order chi connectivity index (χ0) is 14.8. The molecule has 2 aromatic rings. The van der Waals surface area contributed by atoms with Gasteiger partial charge in [0.15, 0.2) is 0 Å². The van der Waals surface area contributed by atoms with Crippen molar-refractivity contribution in [1.29, 1.82) is 0 Å². The first kappa shape index (κ1) is 13.6. The average molecular weight is 286 g/mol. The van der Waals surface area contributed by atoms with Gasteiger partial charge in [-0.25, -0.2) is 0 Å². The van der Waals surface area contributed by atoms with Gasteiger partial charge in [-0.15, -0.1) is 0 Å². The molecule has 0 saturated heterocycles. The molecule has 4 nitrogen and oxygen atoms in total. The summed E-state index contributed by atoms with van der Waals surface area (Å²) in [6.07, 6.45) is 1.59. The molecular weight excluding hydrogens is 268 g/mol. The van der Waals surface area contributed by atoms with Crippen molar-refractivity contribution >= 4 is 0 Å². The summed E-state index contributed by atoms with van der Waals surface area (Å²) >= 11 is 0. The molecule has 110 valence electrons. The predicted octanol–water partition coefficient (Wildman–Crippen LogP) is 3.48. The number of hydrogen-bond donors (Lipinski definition) is 1. The monoisotopic (exact) mass is 286 g/mol. The van der Waals surface area contributed by atoms with Crippen molar-refractivity contribution in [3.63, 3.8) is 0 Å². The van der Waals surface area contributed by atoms with E-state index in [4.69, 9.17) is 14.2 Å². The lowest BCUT2D eigenvalue weighted by Crippen LogP contribution is -2.15. The van der Waals surface area contributed by atoms with Crippen LogP contribution >= 0.6 is 0 Å². The van der Waals surface area contributed by atoms with Gasteiger partial charge in [-0.05, 0) is 36.6 Å². The van der Waals surface area contributed by atoms with E-state index in [1.165, 1.54) is 5.56 Å². The number of methoxy groups -OCH3 is 2. The van der Waals surface area contributed by atoms with E-state index >= 15 is 0 Å². The third kappa shape index (κ3) is 2.61. The number of phenols is 1. The second-order valence-corrected chi connectivity index (χ2v) is 5.04. The molecule has 0 radical (unpaired) electrons. The van der Waals surface area contributed by atoms with Gasteiger partial charge >= 0.3 is 0 Å². The van der Waals surface area contributed by atoms with E-state index in [-0.39, 0.29) is 11.9 Å². The molecule has 1 aliphatic heterocycles. The third-order valence-electron chi connectivity index (χ3n) is 3.80. The first-order valence-corrected chi connectivity index (χ1v) is 6.91. The van der Waals surface area contributed by atoms with Crippen LogP contribution in [-0.2, 0) is 6.42 Å². The molecule has 0 saturated carbocycles. The molecular formula is C17H18O4. The van der Waals surface area contributed by atoms with Crippen LogP contribution in [0.2, 0.25) is 0 Å². The Balaban J connectivity index is 1.88. The molecule has 0 spiro atoms. The van der Waals surface area contributed by atoms with Gasteiger partial charge in [0.1, 0.15) is 29.1 Å². The largest absolute Gasteiger partial charge is 0.507 e. The molecule has 3 rings (SSSR count). The van der Waals surface area contributed by atoms with Crippen molar-refractivity contribution in [3.05, 3.63) is 47.5 Å². The van der Waals surface area contributed by atoms with E-state index in [2.05, 4.69) is 0 Å². The number of hydrogen-bond acceptors (Lipinski definition) is 4. The number of phenolic OH excluding ortho intramolecular Hbond substituents is 1. The Morgan fingerprint density at radius 1 is 1.05 bits per heavy atom. The van der Waals surface area contributed by atoms with Crippen LogP contribution in [0.4, 0.5) is 0 Å². The first-order valence-electron chi connectivity index (χ1n) is 6.91. The summed E-state index contributed by atoms with van der Waals surface area (Å²) < 4.78 is 16.4. The molecule has 0 unspecified atom stereocenters. The summed E-state index contributed by atoms with van der Waals surface area (Å²) in [4.78, 5) is 0. The van der Waals surface area contributed by atoms with Gasteiger partial charge in [0.2, 0.25) is 0 Å². The fraction of sp³-hybridized carbons (Fsp3) is 0.294. The van der Waals surface area contributed by atoms with Crippen LogP contribution in [0.25, 0.3) is 0 Å². The fourth-order valence-corrected chi connectivity index (χ4v) is 2.62. The molecule has 1 aliphatic rings. The van der Waals surface area contributed by atoms with E-state index in [9.17, 15) is 5.11 Å². The van der Waals surface area contributed by atoms with Gasteiger partial charge in [0, 0.05) is 17.7 Å². The molecule has 0 bridgehead atoms. The summed E-state index contributed by atoms with van der Waals surface area (Å²) in [7, 11) is 3.21. The molecule has 0 aliphatic carbocycles. The molecule has 0 aromatic heterocycles. The quantitative estimate of drug-likeness (QED) is 0.938. The average Bonchev–Trinajstić information content (AvgIpc) is 2.53. The molecule has 2 aromatic carbocycles. The maximum atomic E-state index is 10.1. The van der Waals surface area contributed by atoms with E-state index in [0.717, 1.165) is 29.9 Å². The highest BCUT2D eigenvalue weighted by Crippen LogP contribution is 2.40. The normalized spacial score (nSPS) is 16.8. The summed E-state index contributed by atoms with van der Waals surface area (Å²) in [6, 6.07) is 11.1. The highest BCUT2D eigenvalue weighted by Gasteiger charge is 2.24. The Kier molecular flexibility index (Phi) is 3.60. The lowest BCUT2D eigenvalue weighted by molar-refractivity contribution is 0.172. The van der Waals surface area contributed by atoms with Crippen LogP contribution in [0.15, 0.2) is 36.4 Å². The van der Waals surface area contributed by atoms with Crippen LogP contribution in [0.5, 0.6) is 23.0 Å². The van der Waals surface area contributed by atoms with Gasteiger partial charge in [-0.2, -0.15) is 0 Å². The number of fused-ring (bicyclic) bond motifs is 1. The summed E-state index contributed by atoms with van der Waals surface area (Å²) in [6.45, 7) is 0. The van der Waals surface area contributed by atoms with Crippen molar-refractivity contribution in [2.45, 2.75) is 18.9 Å². The number of ether oxygens (including phenoxy) is 3. The highest BCUT2D eigenvalue weighted by atomic mass is 16.5. The lowest BCUT2D eigenvalue weighted by atomic mass is 9.96. The van der Waals surface area contributed by atoms with Crippen LogP contribution < -0.4 is 14.2 Å². The van der Waals surface area contributed by atoms with E-state index < -0.39 is 0 Å². The minimum Gasteiger partial charge on any atom is -0.507 e. The van der Waals surface area contributed by atoms with E-state index in [1.54, 1.807) is 20.3 Å². The van der Waals surface area contributed by atoms with Crippen molar-refractivity contribution in [3.8, 4) is 23.0 Å². The van der Waals surface area contributed by atoms with Crippen molar-refractivity contribution in [2.75, 3.05) is 14.2 Å². The minimum atomic E-state index is -0.157. The second-order valence-electron chi connectivity index (χ2n) is 5.04. The smallest absolute Gasteiger partial charge is 0.128 e. The van der Waals surface area contributed by atoms with Crippen molar-refractivity contribution in [1.82, 2.24) is 0 Å². The maximum Gasteiger partial charge on any atom is 0.128 e. The predicted molar refractivity (Wildman–Crippen MR) is 79.3 cm³/mol. The van der Waals surface area contributed by atoms with Crippen LogP contribution in [-0.4, -0.2) is 19.3 Å². The van der Waals surface area contributed by atoms with Crippen LogP contribution in [0, 0.1) is 0 Å². The van der Waals surface area contributed by atoms with Crippen LogP contribution in [0.1, 0.15) is 23.7 Å². The third-order valence-corrected chi connectivity index (χ3v) is 3.80. The summed E-state index contributed by atoms with van der Waals surface area (Å²) in [5.41, 5.74) is 1.95. The Labute approximate surface area is 123 Å². The van der Waals surface area contributed by atoms with Gasteiger partial charge in [-0.1, -0.05) is 6.07 Å². The highest BCUT2D eigenvalue weighted by molar-refractivity contribution is 5.45. The van der Waals surface area contributed by atoms with Crippen molar-refractivity contribution < 1.29 is 19.3 Å². The maximum absolute atomic E-state index is 10.1. The second kappa shape index (κ2) is 5.56. The molecule has 0 fully saturated rings. The number of aryl methyl sites for hydroxylation is 1. The summed E-state index contributed by atoms with van der Waals surface area (Å²) in [5, 5.41) is 10.1. The van der Waals surface area contributed by atoms with Gasteiger partial charge in [0.05, 0.1) is 14.2 Å². The Hall–Kier alpha value is -2.36. The summed E-state index contributed by atoms with van der Waals surface area (Å²) in [5.74, 6) is 2.42. The molecule has 1 heterocycles. The van der Waals surface area contributed by atoms with Crippen molar-refractivity contribution in [2.24, 2.45) is 0 Å². The minimum absolute atomic E-state index is 0.157. The fourth-order valence-electron chi connectivity index (χ4n) is 2.62. The number of aromatic hydroxyl groups is 1. The molecule has 1 atom stereocenters. The van der Waals surface area contributed by atoms with Crippen LogP contribution in [0.3, 0.4) is 0 Å². The SMILES string of the molecule is COc1ccc([C@@H]2CCc3ccc(OC)cc3O2)c(O)c1. The van der Waals surface area contributed by atoms with Gasteiger partial charge in [0.25, 0.3) is 0 Å². The topological polar surface area (TPSA) is 47.9 Å². The van der Waals surface area contributed by atoms with E-state index in [1.807, 2.05) is 30.3 Å². The first-order chi connectivity index (χ1) is 10.2. The zero-order valence-electron chi connectivity index (χ0n) is 12.1. The van der Waals surface area contributed by atoms with E-state index in [0.29, 0.717) is 5.75 Å². The molecule has 21 heavy (non-hydrogen) atoms. The number of rotatable bonds is 3. The molecule has 4 heteroatoms. The van der Waals surface area contributed by atoms with Gasteiger partial charge in [-0.3, -0.25) is 0 Å². The lowest BCUT2D eigenvalue weighted by Gasteiger charge is -2.27. The standard InChI is InChI=1S/C17H18O4/c1-19-12-6-7-14(15(18)9-12)16-8-4-11-3-5-13(20-2)10-17(11)21-16/h3,5-7,9-10,16,18H,4,8H2,1-2H3/t16-/m0/s1. The van der Waals surface area contributed by atoms with Gasteiger partial charge < -0.3 is 19.3 Å². The molecule has 1 N–H and O–H groups in total. The zero-order valence-corrected chi connectivity index (χ0v) is 12.1. The molecule has 0 amide bonds. The number of benzene rings is 2. The Morgan fingerprint density at radius 3 is 2.48 bits per heavy atom. The Morgan fingerprint density at radius 2 is 1.76 bits per heavy atom. The Bertz CT molecular complexity index is 651.